The number of benzene rings is 2. The molecule has 0 spiro atoms. The SMILES string of the molecule is COC(=O)CCCc1cc2c(OCc3ccccc3)cccc2o1. The lowest BCUT2D eigenvalue weighted by molar-refractivity contribution is -0.140. The number of hydrogen-bond donors (Lipinski definition) is 0. The third-order valence-corrected chi connectivity index (χ3v) is 3.84. The number of carbonyl (C=O) groups is 1. The minimum Gasteiger partial charge on any atom is -0.488 e. The highest BCUT2D eigenvalue weighted by molar-refractivity contribution is 5.84. The van der Waals surface area contributed by atoms with Crippen molar-refractivity contribution in [2.75, 3.05) is 7.11 Å². The van der Waals surface area contributed by atoms with Crippen molar-refractivity contribution in [2.24, 2.45) is 0 Å². The van der Waals surface area contributed by atoms with Gasteiger partial charge in [0.05, 0.1) is 12.5 Å². The number of aryl methyl sites for hydroxylation is 1. The van der Waals surface area contributed by atoms with Crippen molar-refractivity contribution in [2.45, 2.75) is 25.9 Å². The lowest BCUT2D eigenvalue weighted by Crippen LogP contribution is -2.00. The minimum atomic E-state index is -0.196. The van der Waals surface area contributed by atoms with E-state index in [1.54, 1.807) is 0 Å². The Balaban J connectivity index is 1.69. The van der Waals surface area contributed by atoms with Crippen molar-refractivity contribution in [3.05, 3.63) is 65.9 Å². The van der Waals surface area contributed by atoms with E-state index in [-0.39, 0.29) is 5.97 Å². The van der Waals surface area contributed by atoms with E-state index in [9.17, 15) is 4.79 Å². The summed E-state index contributed by atoms with van der Waals surface area (Å²) in [6, 6.07) is 17.8. The molecule has 0 amide bonds. The van der Waals surface area contributed by atoms with Crippen LogP contribution in [0.15, 0.2) is 59.0 Å². The molecule has 124 valence electrons. The van der Waals surface area contributed by atoms with Gasteiger partial charge in [0, 0.05) is 12.8 Å². The molecule has 0 N–H and O–H groups in total. The highest BCUT2D eigenvalue weighted by Gasteiger charge is 2.10. The average molecular weight is 324 g/mol. The van der Waals surface area contributed by atoms with Crippen LogP contribution in [0.1, 0.15) is 24.2 Å². The summed E-state index contributed by atoms with van der Waals surface area (Å²) < 4.78 is 16.4. The first-order chi connectivity index (χ1) is 11.8. The van der Waals surface area contributed by atoms with E-state index >= 15 is 0 Å². The Morgan fingerprint density at radius 2 is 1.92 bits per heavy atom. The van der Waals surface area contributed by atoms with E-state index in [4.69, 9.17) is 9.15 Å². The summed E-state index contributed by atoms with van der Waals surface area (Å²) in [5, 5.41) is 0.960. The molecule has 3 rings (SSSR count). The summed E-state index contributed by atoms with van der Waals surface area (Å²) in [6.45, 7) is 0.517. The van der Waals surface area contributed by atoms with Crippen LogP contribution in [0.5, 0.6) is 5.75 Å². The van der Waals surface area contributed by atoms with Crippen LogP contribution < -0.4 is 4.74 Å². The number of hydrogen-bond acceptors (Lipinski definition) is 4. The molecule has 0 radical (unpaired) electrons. The maximum Gasteiger partial charge on any atom is 0.305 e. The number of ether oxygens (including phenoxy) is 2. The van der Waals surface area contributed by atoms with Gasteiger partial charge < -0.3 is 13.9 Å². The van der Waals surface area contributed by atoms with E-state index in [1.807, 2.05) is 54.6 Å². The summed E-state index contributed by atoms with van der Waals surface area (Å²) in [5.74, 6) is 1.46. The second-order valence-corrected chi connectivity index (χ2v) is 5.58. The molecular formula is C20H20O4. The van der Waals surface area contributed by atoms with Gasteiger partial charge in [-0.3, -0.25) is 4.79 Å². The van der Waals surface area contributed by atoms with Crippen molar-refractivity contribution < 1.29 is 18.7 Å². The number of esters is 1. The molecular weight excluding hydrogens is 304 g/mol. The van der Waals surface area contributed by atoms with Gasteiger partial charge in [-0.05, 0) is 30.2 Å². The van der Waals surface area contributed by atoms with Crippen LogP contribution in [0, 0.1) is 0 Å². The molecule has 0 unspecified atom stereocenters. The molecule has 1 aromatic heterocycles. The zero-order chi connectivity index (χ0) is 16.8. The topological polar surface area (TPSA) is 48.7 Å². The maximum absolute atomic E-state index is 11.2. The lowest BCUT2D eigenvalue weighted by atomic mass is 10.2. The van der Waals surface area contributed by atoms with Crippen LogP contribution in [-0.2, 0) is 22.6 Å². The Kier molecular flexibility index (Phi) is 5.16. The molecule has 0 bridgehead atoms. The normalized spacial score (nSPS) is 10.7. The molecule has 2 aromatic carbocycles. The summed E-state index contributed by atoms with van der Waals surface area (Å²) in [6.07, 6.45) is 1.79. The van der Waals surface area contributed by atoms with Crippen LogP contribution in [-0.4, -0.2) is 13.1 Å². The van der Waals surface area contributed by atoms with E-state index in [0.29, 0.717) is 25.9 Å². The van der Waals surface area contributed by atoms with Gasteiger partial charge >= 0.3 is 5.97 Å². The molecule has 4 heteroatoms. The fourth-order valence-electron chi connectivity index (χ4n) is 2.58. The van der Waals surface area contributed by atoms with Crippen LogP contribution in [0.4, 0.5) is 0 Å². The number of carbonyl (C=O) groups excluding carboxylic acids is 1. The standard InChI is InChI=1S/C20H20O4/c1-22-20(21)12-5-9-16-13-17-18(10-6-11-19(17)24-16)23-14-15-7-3-2-4-8-15/h2-4,6-8,10-11,13H,5,9,12,14H2,1H3. The van der Waals surface area contributed by atoms with Gasteiger partial charge in [0.25, 0.3) is 0 Å². The molecule has 1 heterocycles. The molecule has 0 saturated carbocycles. The third-order valence-electron chi connectivity index (χ3n) is 3.84. The van der Waals surface area contributed by atoms with E-state index in [1.165, 1.54) is 7.11 Å². The molecule has 24 heavy (non-hydrogen) atoms. The highest BCUT2D eigenvalue weighted by atomic mass is 16.5. The van der Waals surface area contributed by atoms with Gasteiger partial charge in [0.15, 0.2) is 0 Å². The van der Waals surface area contributed by atoms with Crippen molar-refractivity contribution in [3.63, 3.8) is 0 Å². The van der Waals surface area contributed by atoms with Crippen molar-refractivity contribution in [3.8, 4) is 5.75 Å². The predicted molar refractivity (Wildman–Crippen MR) is 91.9 cm³/mol. The summed E-state index contributed by atoms with van der Waals surface area (Å²) >= 11 is 0. The van der Waals surface area contributed by atoms with Gasteiger partial charge in [0.2, 0.25) is 0 Å². The van der Waals surface area contributed by atoms with Gasteiger partial charge in [-0.1, -0.05) is 36.4 Å². The summed E-state index contributed by atoms with van der Waals surface area (Å²) in [5.41, 5.74) is 1.92. The molecule has 0 atom stereocenters. The minimum absolute atomic E-state index is 0.196. The first kappa shape index (κ1) is 16.1. The molecule has 4 nitrogen and oxygen atoms in total. The first-order valence-corrected chi connectivity index (χ1v) is 8.01. The Bertz CT molecular complexity index is 805. The smallest absolute Gasteiger partial charge is 0.305 e. The molecule has 0 aliphatic rings. The zero-order valence-electron chi connectivity index (χ0n) is 13.7. The van der Waals surface area contributed by atoms with Crippen LogP contribution in [0.25, 0.3) is 11.0 Å². The van der Waals surface area contributed by atoms with Crippen molar-refractivity contribution in [1.82, 2.24) is 0 Å². The number of furan rings is 1. The summed E-state index contributed by atoms with van der Waals surface area (Å²) in [7, 11) is 1.40. The Labute approximate surface area is 141 Å². The van der Waals surface area contributed by atoms with Gasteiger partial charge in [0.1, 0.15) is 23.7 Å². The Morgan fingerprint density at radius 3 is 2.71 bits per heavy atom. The van der Waals surface area contributed by atoms with Crippen molar-refractivity contribution >= 4 is 16.9 Å². The molecule has 0 aliphatic carbocycles. The second-order valence-electron chi connectivity index (χ2n) is 5.58. The first-order valence-electron chi connectivity index (χ1n) is 8.01. The maximum atomic E-state index is 11.2. The zero-order valence-corrected chi connectivity index (χ0v) is 13.7. The molecule has 3 aromatic rings. The summed E-state index contributed by atoms with van der Waals surface area (Å²) in [4.78, 5) is 11.2. The predicted octanol–water partition coefficient (Wildman–Crippen LogP) is 4.51. The van der Waals surface area contributed by atoms with Crippen molar-refractivity contribution in [1.29, 1.82) is 0 Å². The fourth-order valence-corrected chi connectivity index (χ4v) is 2.58. The van der Waals surface area contributed by atoms with E-state index < -0.39 is 0 Å². The van der Waals surface area contributed by atoms with Crippen LogP contribution in [0.2, 0.25) is 0 Å². The lowest BCUT2D eigenvalue weighted by Gasteiger charge is -2.06. The fraction of sp³-hybridized carbons (Fsp3) is 0.250. The monoisotopic (exact) mass is 324 g/mol. The average Bonchev–Trinajstić information content (AvgIpc) is 3.04. The van der Waals surface area contributed by atoms with Crippen LogP contribution in [0.3, 0.4) is 0 Å². The second kappa shape index (κ2) is 7.68. The van der Waals surface area contributed by atoms with E-state index in [0.717, 1.165) is 28.0 Å². The number of methoxy groups -OCH3 is 1. The molecule has 0 saturated heterocycles. The van der Waals surface area contributed by atoms with Crippen LogP contribution >= 0.6 is 0 Å². The Morgan fingerprint density at radius 1 is 1.08 bits per heavy atom. The third kappa shape index (κ3) is 3.96. The van der Waals surface area contributed by atoms with Gasteiger partial charge in [-0.15, -0.1) is 0 Å². The number of rotatable bonds is 7. The largest absolute Gasteiger partial charge is 0.488 e. The van der Waals surface area contributed by atoms with Gasteiger partial charge in [-0.2, -0.15) is 0 Å². The number of fused-ring (bicyclic) bond motifs is 1. The highest BCUT2D eigenvalue weighted by Crippen LogP contribution is 2.30. The molecule has 0 fully saturated rings. The van der Waals surface area contributed by atoms with E-state index in [2.05, 4.69) is 4.74 Å². The van der Waals surface area contributed by atoms with Gasteiger partial charge in [-0.25, -0.2) is 0 Å². The Hall–Kier alpha value is -2.75. The quantitative estimate of drug-likeness (QED) is 0.600. The molecule has 0 aliphatic heterocycles.